The van der Waals surface area contributed by atoms with E-state index in [4.69, 9.17) is 4.74 Å². The third-order valence-corrected chi connectivity index (χ3v) is 5.39. The van der Waals surface area contributed by atoms with Crippen LogP contribution in [-0.4, -0.2) is 64.0 Å². The summed E-state index contributed by atoms with van der Waals surface area (Å²) in [6.07, 6.45) is 3.32. The Kier molecular flexibility index (Phi) is 4.34. The zero-order chi connectivity index (χ0) is 16.5. The molecule has 24 heavy (non-hydrogen) atoms. The molecule has 0 spiro atoms. The summed E-state index contributed by atoms with van der Waals surface area (Å²) in [4.78, 5) is 33.8. The van der Waals surface area contributed by atoms with Crippen LogP contribution < -0.4 is 5.56 Å². The van der Waals surface area contributed by atoms with Crippen molar-refractivity contribution in [3.05, 3.63) is 33.7 Å². The standard InChI is InChI=1S/C16H20N4O3S/c21-14-10-12(17-16-20(14)7-9-24-16)11-18-3-5-19(6-4-18)15(22)13-2-1-8-23-13/h7,9-10,13H,1-6,8,11H2/t13-/m1/s1. The van der Waals surface area contributed by atoms with Gasteiger partial charge in [0.05, 0.1) is 5.69 Å². The van der Waals surface area contributed by atoms with Gasteiger partial charge in [0.15, 0.2) is 4.96 Å². The second-order valence-electron chi connectivity index (χ2n) is 6.24. The van der Waals surface area contributed by atoms with Gasteiger partial charge in [-0.05, 0) is 12.8 Å². The van der Waals surface area contributed by atoms with Gasteiger partial charge in [0.2, 0.25) is 0 Å². The Balaban J connectivity index is 1.37. The van der Waals surface area contributed by atoms with E-state index < -0.39 is 0 Å². The van der Waals surface area contributed by atoms with Crippen LogP contribution in [0.3, 0.4) is 0 Å². The van der Waals surface area contributed by atoms with Crippen molar-refractivity contribution in [2.24, 2.45) is 0 Å². The first-order valence-corrected chi connectivity index (χ1v) is 9.17. The summed E-state index contributed by atoms with van der Waals surface area (Å²) < 4.78 is 7.05. The lowest BCUT2D eigenvalue weighted by Crippen LogP contribution is -2.51. The van der Waals surface area contributed by atoms with Gasteiger partial charge in [-0.3, -0.25) is 18.9 Å². The fraction of sp³-hybridized carbons (Fsp3) is 0.562. The van der Waals surface area contributed by atoms with Crippen molar-refractivity contribution in [2.45, 2.75) is 25.5 Å². The number of hydrogen-bond acceptors (Lipinski definition) is 6. The predicted octanol–water partition coefficient (Wildman–Crippen LogP) is 0.579. The van der Waals surface area contributed by atoms with Crippen LogP contribution in [0.4, 0.5) is 0 Å². The minimum absolute atomic E-state index is 0.0385. The molecule has 0 bridgehead atoms. The Bertz CT molecular complexity index is 788. The molecule has 2 aliphatic heterocycles. The smallest absolute Gasteiger partial charge is 0.258 e. The van der Waals surface area contributed by atoms with Gasteiger partial charge in [-0.15, -0.1) is 11.3 Å². The van der Waals surface area contributed by atoms with Gasteiger partial charge in [-0.2, -0.15) is 0 Å². The molecule has 7 nitrogen and oxygen atoms in total. The SMILES string of the molecule is O=C([C@H]1CCCO1)N1CCN(Cc2cc(=O)n3ccsc3n2)CC1. The van der Waals surface area contributed by atoms with Crippen LogP contribution in [0.2, 0.25) is 0 Å². The highest BCUT2D eigenvalue weighted by atomic mass is 32.1. The Morgan fingerprint density at radius 3 is 2.92 bits per heavy atom. The van der Waals surface area contributed by atoms with E-state index in [1.807, 2.05) is 10.3 Å². The monoisotopic (exact) mass is 348 g/mol. The Morgan fingerprint density at radius 2 is 2.17 bits per heavy atom. The van der Waals surface area contributed by atoms with Crippen molar-refractivity contribution < 1.29 is 9.53 Å². The minimum atomic E-state index is -0.237. The molecule has 4 rings (SSSR count). The molecule has 0 N–H and O–H groups in total. The lowest BCUT2D eigenvalue weighted by Gasteiger charge is -2.35. The summed E-state index contributed by atoms with van der Waals surface area (Å²) in [7, 11) is 0. The van der Waals surface area contributed by atoms with E-state index in [9.17, 15) is 9.59 Å². The summed E-state index contributed by atoms with van der Waals surface area (Å²) in [5.41, 5.74) is 0.754. The van der Waals surface area contributed by atoms with E-state index in [2.05, 4.69) is 9.88 Å². The van der Waals surface area contributed by atoms with Crippen molar-refractivity contribution >= 4 is 22.2 Å². The molecule has 1 atom stereocenters. The fourth-order valence-corrected chi connectivity index (χ4v) is 4.04. The Hall–Kier alpha value is -1.77. The summed E-state index contributed by atoms with van der Waals surface area (Å²) >= 11 is 1.46. The van der Waals surface area contributed by atoms with E-state index in [0.29, 0.717) is 26.2 Å². The average Bonchev–Trinajstić information content (AvgIpc) is 3.26. The lowest BCUT2D eigenvalue weighted by molar-refractivity contribution is -0.142. The van der Waals surface area contributed by atoms with Crippen molar-refractivity contribution in [3.8, 4) is 0 Å². The number of carbonyl (C=O) groups is 1. The summed E-state index contributed by atoms with van der Waals surface area (Å²) in [6.45, 7) is 4.35. The molecule has 0 saturated carbocycles. The summed E-state index contributed by atoms with van der Waals surface area (Å²) in [5, 5.41) is 1.86. The molecule has 2 aromatic heterocycles. The van der Waals surface area contributed by atoms with Crippen LogP contribution >= 0.6 is 11.3 Å². The first kappa shape index (κ1) is 15.7. The number of piperazine rings is 1. The van der Waals surface area contributed by atoms with E-state index in [-0.39, 0.29) is 17.6 Å². The number of fused-ring (bicyclic) bond motifs is 1. The van der Waals surface area contributed by atoms with Gasteiger partial charge >= 0.3 is 0 Å². The number of hydrogen-bond donors (Lipinski definition) is 0. The van der Waals surface area contributed by atoms with E-state index >= 15 is 0 Å². The maximum Gasteiger partial charge on any atom is 0.258 e. The van der Waals surface area contributed by atoms with Crippen LogP contribution in [0, 0.1) is 0 Å². The van der Waals surface area contributed by atoms with Crippen molar-refractivity contribution in [3.63, 3.8) is 0 Å². The number of carbonyl (C=O) groups excluding carboxylic acids is 1. The zero-order valence-corrected chi connectivity index (χ0v) is 14.2. The molecule has 128 valence electrons. The lowest BCUT2D eigenvalue weighted by atomic mass is 10.2. The highest BCUT2D eigenvalue weighted by Crippen LogP contribution is 2.16. The first-order chi connectivity index (χ1) is 11.7. The molecular formula is C16H20N4O3S. The molecule has 0 aromatic carbocycles. The fourth-order valence-electron chi connectivity index (χ4n) is 3.30. The van der Waals surface area contributed by atoms with E-state index in [1.54, 1.807) is 16.7 Å². The molecule has 0 aliphatic carbocycles. The molecule has 2 saturated heterocycles. The van der Waals surface area contributed by atoms with Gasteiger partial charge in [-0.1, -0.05) is 0 Å². The molecule has 2 aromatic rings. The van der Waals surface area contributed by atoms with Crippen LogP contribution in [0.15, 0.2) is 22.4 Å². The molecule has 1 amide bonds. The second-order valence-corrected chi connectivity index (χ2v) is 7.12. The van der Waals surface area contributed by atoms with Gasteiger partial charge in [-0.25, -0.2) is 4.98 Å². The maximum absolute atomic E-state index is 12.4. The van der Waals surface area contributed by atoms with E-state index in [0.717, 1.165) is 36.6 Å². The maximum atomic E-state index is 12.4. The van der Waals surface area contributed by atoms with Crippen LogP contribution in [0.1, 0.15) is 18.5 Å². The molecule has 2 aliphatic rings. The van der Waals surface area contributed by atoms with Crippen LogP contribution in [-0.2, 0) is 16.1 Å². The molecule has 0 radical (unpaired) electrons. The normalized spacial score (nSPS) is 22.3. The summed E-state index contributed by atoms with van der Waals surface area (Å²) in [5.74, 6) is 0.128. The molecular weight excluding hydrogens is 328 g/mol. The summed E-state index contributed by atoms with van der Waals surface area (Å²) in [6, 6.07) is 1.60. The van der Waals surface area contributed by atoms with Gasteiger partial charge < -0.3 is 9.64 Å². The van der Waals surface area contributed by atoms with Gasteiger partial charge in [0.25, 0.3) is 11.5 Å². The van der Waals surface area contributed by atoms with Crippen molar-refractivity contribution in [1.29, 1.82) is 0 Å². The van der Waals surface area contributed by atoms with Gasteiger partial charge in [0, 0.05) is 57.0 Å². The third-order valence-electron chi connectivity index (χ3n) is 4.63. The minimum Gasteiger partial charge on any atom is -0.368 e. The second kappa shape index (κ2) is 6.62. The van der Waals surface area contributed by atoms with E-state index in [1.165, 1.54) is 11.3 Å². The largest absolute Gasteiger partial charge is 0.368 e. The highest BCUT2D eigenvalue weighted by Gasteiger charge is 2.30. The van der Waals surface area contributed by atoms with Crippen molar-refractivity contribution in [2.75, 3.05) is 32.8 Å². The number of nitrogens with zero attached hydrogens (tertiary/aromatic N) is 4. The topological polar surface area (TPSA) is 67.2 Å². The molecule has 8 heteroatoms. The Labute approximate surface area is 143 Å². The number of amides is 1. The highest BCUT2D eigenvalue weighted by molar-refractivity contribution is 7.15. The van der Waals surface area contributed by atoms with Gasteiger partial charge in [0.1, 0.15) is 6.10 Å². The molecule has 0 unspecified atom stereocenters. The first-order valence-electron chi connectivity index (χ1n) is 8.29. The zero-order valence-electron chi connectivity index (χ0n) is 13.4. The predicted molar refractivity (Wildman–Crippen MR) is 90.2 cm³/mol. The number of aromatic nitrogens is 2. The number of ether oxygens (including phenoxy) is 1. The molecule has 2 fully saturated rings. The Morgan fingerprint density at radius 1 is 1.33 bits per heavy atom. The third kappa shape index (κ3) is 3.09. The number of rotatable bonds is 3. The quantitative estimate of drug-likeness (QED) is 0.812. The average molecular weight is 348 g/mol. The number of thiazole rings is 1. The van der Waals surface area contributed by atoms with Crippen LogP contribution in [0.5, 0.6) is 0 Å². The van der Waals surface area contributed by atoms with Crippen LogP contribution in [0.25, 0.3) is 4.96 Å². The van der Waals surface area contributed by atoms with Crippen molar-refractivity contribution in [1.82, 2.24) is 19.2 Å². The molecule has 4 heterocycles.